The molecule has 1 aliphatic heterocycles. The van der Waals surface area contributed by atoms with Crippen LogP contribution in [0.25, 0.3) is 0 Å². The summed E-state index contributed by atoms with van der Waals surface area (Å²) in [7, 11) is 0. The Labute approximate surface area is 199 Å². The molecule has 2 amide bonds. The molecule has 0 spiro atoms. The molecule has 0 saturated carbocycles. The van der Waals surface area contributed by atoms with Gasteiger partial charge in [0.05, 0.1) is 12.2 Å². The molecule has 0 fully saturated rings. The number of rotatable bonds is 9. The van der Waals surface area contributed by atoms with Gasteiger partial charge in [0.2, 0.25) is 0 Å². The predicted octanol–water partition coefficient (Wildman–Crippen LogP) is 4.38. The van der Waals surface area contributed by atoms with E-state index in [-0.39, 0.29) is 25.0 Å². The molecule has 3 aromatic carbocycles. The van der Waals surface area contributed by atoms with Crippen molar-refractivity contribution in [3.05, 3.63) is 77.9 Å². The third-order valence-corrected chi connectivity index (χ3v) is 5.46. The zero-order chi connectivity index (χ0) is 23.9. The number of carbonyl (C=O) groups is 2. The van der Waals surface area contributed by atoms with Crippen molar-refractivity contribution in [1.82, 2.24) is 0 Å². The summed E-state index contributed by atoms with van der Waals surface area (Å²) in [5, 5.41) is 2.82. The second-order valence-electron chi connectivity index (χ2n) is 8.02. The monoisotopic (exact) mass is 460 g/mol. The molecule has 176 valence electrons. The minimum absolute atomic E-state index is 0.0339. The molecule has 34 heavy (non-hydrogen) atoms. The van der Waals surface area contributed by atoms with Gasteiger partial charge >= 0.3 is 0 Å². The van der Waals surface area contributed by atoms with Crippen molar-refractivity contribution in [3.8, 4) is 17.2 Å². The van der Waals surface area contributed by atoms with E-state index in [0.717, 1.165) is 17.7 Å². The van der Waals surface area contributed by atoms with Crippen LogP contribution >= 0.6 is 0 Å². The molecule has 3 aromatic rings. The second kappa shape index (κ2) is 10.7. The van der Waals surface area contributed by atoms with Crippen molar-refractivity contribution in [2.75, 3.05) is 36.6 Å². The molecule has 7 heteroatoms. The van der Waals surface area contributed by atoms with Crippen LogP contribution in [-0.2, 0) is 16.0 Å². The molecule has 0 atom stereocenters. The van der Waals surface area contributed by atoms with Crippen LogP contribution in [-0.4, -0.2) is 38.2 Å². The summed E-state index contributed by atoms with van der Waals surface area (Å²) in [6.07, 6.45) is 0.945. The molecule has 0 saturated heterocycles. The quantitative estimate of drug-likeness (QED) is 0.513. The molecule has 0 unspecified atom stereocenters. The van der Waals surface area contributed by atoms with Gasteiger partial charge in [-0.3, -0.25) is 9.59 Å². The Morgan fingerprint density at radius 3 is 2.62 bits per heavy atom. The van der Waals surface area contributed by atoms with Gasteiger partial charge in [-0.15, -0.1) is 0 Å². The highest BCUT2D eigenvalue weighted by Gasteiger charge is 2.26. The summed E-state index contributed by atoms with van der Waals surface area (Å²) in [4.78, 5) is 26.6. The van der Waals surface area contributed by atoms with E-state index >= 15 is 0 Å². The third kappa shape index (κ3) is 5.86. The fourth-order valence-electron chi connectivity index (χ4n) is 3.65. The zero-order valence-corrected chi connectivity index (χ0v) is 19.4. The first-order valence-corrected chi connectivity index (χ1v) is 11.3. The van der Waals surface area contributed by atoms with Crippen molar-refractivity contribution in [3.63, 3.8) is 0 Å². The minimum atomic E-state index is -0.295. The Kier molecular flexibility index (Phi) is 7.32. The molecule has 0 radical (unpaired) electrons. The van der Waals surface area contributed by atoms with E-state index < -0.39 is 0 Å². The lowest BCUT2D eigenvalue weighted by atomic mass is 10.2. The number of hydrogen-bond donors (Lipinski definition) is 1. The van der Waals surface area contributed by atoms with Gasteiger partial charge in [0, 0.05) is 5.69 Å². The van der Waals surface area contributed by atoms with Crippen molar-refractivity contribution in [1.29, 1.82) is 0 Å². The maximum atomic E-state index is 12.5. The number of aryl methyl sites for hydroxylation is 2. The van der Waals surface area contributed by atoms with Crippen LogP contribution in [0.2, 0.25) is 0 Å². The highest BCUT2D eigenvalue weighted by molar-refractivity contribution is 5.99. The summed E-state index contributed by atoms with van der Waals surface area (Å²) in [5.74, 6) is 1.52. The van der Waals surface area contributed by atoms with E-state index in [0.29, 0.717) is 36.0 Å². The SMILES string of the molecule is CCc1ccc(OCC(=O)Nc2ccc3c(c2)N(CCOc2cccc(C)c2)C(=O)CO3)cc1. The number of hydrogen-bond acceptors (Lipinski definition) is 5. The number of benzene rings is 3. The van der Waals surface area contributed by atoms with Gasteiger partial charge in [0.25, 0.3) is 11.8 Å². The van der Waals surface area contributed by atoms with Crippen LogP contribution in [0.3, 0.4) is 0 Å². The molecular weight excluding hydrogens is 432 g/mol. The number of carbonyl (C=O) groups excluding carboxylic acids is 2. The number of anilines is 2. The van der Waals surface area contributed by atoms with Crippen molar-refractivity contribution in [2.45, 2.75) is 20.3 Å². The van der Waals surface area contributed by atoms with E-state index in [4.69, 9.17) is 14.2 Å². The first-order valence-electron chi connectivity index (χ1n) is 11.3. The van der Waals surface area contributed by atoms with Crippen LogP contribution in [0.1, 0.15) is 18.1 Å². The zero-order valence-electron chi connectivity index (χ0n) is 19.4. The Hall–Kier alpha value is -4.00. The van der Waals surface area contributed by atoms with E-state index in [1.54, 1.807) is 23.1 Å². The van der Waals surface area contributed by atoms with Crippen LogP contribution in [0, 0.1) is 6.92 Å². The van der Waals surface area contributed by atoms with Gasteiger partial charge in [-0.1, -0.05) is 31.2 Å². The first-order chi connectivity index (χ1) is 16.5. The van der Waals surface area contributed by atoms with Crippen molar-refractivity contribution < 1.29 is 23.8 Å². The summed E-state index contributed by atoms with van der Waals surface area (Å²) < 4.78 is 17.0. The fraction of sp³-hybridized carbons (Fsp3) is 0.259. The molecule has 1 aliphatic rings. The lowest BCUT2D eigenvalue weighted by Gasteiger charge is -2.29. The summed E-state index contributed by atoms with van der Waals surface area (Å²) >= 11 is 0. The standard InChI is InChI=1S/C27H28N2O5/c1-3-20-7-10-22(11-8-20)33-17-26(30)28-21-9-12-25-24(16-21)29(27(31)18-34-25)13-14-32-23-6-4-5-19(2)15-23/h4-12,15-16H,3,13-14,17-18H2,1-2H3,(H,28,30). The normalized spacial score (nSPS) is 12.5. The second-order valence-corrected chi connectivity index (χ2v) is 8.02. The van der Waals surface area contributed by atoms with Crippen LogP contribution in [0.4, 0.5) is 11.4 Å². The van der Waals surface area contributed by atoms with Crippen molar-refractivity contribution in [2.24, 2.45) is 0 Å². The Balaban J connectivity index is 1.37. The summed E-state index contributed by atoms with van der Waals surface area (Å²) in [5.41, 5.74) is 3.46. The van der Waals surface area contributed by atoms with E-state index in [1.807, 2.05) is 55.5 Å². The van der Waals surface area contributed by atoms with E-state index in [1.165, 1.54) is 5.56 Å². The Bertz CT molecular complexity index is 1160. The summed E-state index contributed by atoms with van der Waals surface area (Å²) in [6.45, 7) is 4.61. The molecule has 4 rings (SSSR count). The van der Waals surface area contributed by atoms with E-state index in [9.17, 15) is 9.59 Å². The van der Waals surface area contributed by atoms with Gasteiger partial charge in [-0.25, -0.2) is 0 Å². The molecule has 1 heterocycles. The number of fused-ring (bicyclic) bond motifs is 1. The molecule has 0 aromatic heterocycles. The summed E-state index contributed by atoms with van der Waals surface area (Å²) in [6, 6.07) is 20.6. The molecule has 7 nitrogen and oxygen atoms in total. The van der Waals surface area contributed by atoms with E-state index in [2.05, 4.69) is 12.2 Å². The maximum Gasteiger partial charge on any atom is 0.265 e. The van der Waals surface area contributed by atoms with Crippen LogP contribution in [0.5, 0.6) is 17.2 Å². The third-order valence-electron chi connectivity index (χ3n) is 5.46. The fourth-order valence-corrected chi connectivity index (χ4v) is 3.65. The van der Waals surface area contributed by atoms with Gasteiger partial charge in [-0.2, -0.15) is 0 Å². The topological polar surface area (TPSA) is 77.1 Å². The molecule has 0 aliphatic carbocycles. The van der Waals surface area contributed by atoms with Gasteiger partial charge in [-0.05, 0) is 66.9 Å². The number of amides is 2. The number of ether oxygens (including phenoxy) is 3. The van der Waals surface area contributed by atoms with Crippen LogP contribution < -0.4 is 24.4 Å². The van der Waals surface area contributed by atoms with Gasteiger partial charge < -0.3 is 24.4 Å². The maximum absolute atomic E-state index is 12.5. The first kappa shape index (κ1) is 23.2. The highest BCUT2D eigenvalue weighted by atomic mass is 16.5. The Morgan fingerprint density at radius 1 is 1.03 bits per heavy atom. The largest absolute Gasteiger partial charge is 0.492 e. The average Bonchev–Trinajstić information content (AvgIpc) is 2.84. The minimum Gasteiger partial charge on any atom is -0.492 e. The molecule has 0 bridgehead atoms. The molecule has 1 N–H and O–H groups in total. The smallest absolute Gasteiger partial charge is 0.265 e. The number of nitrogens with zero attached hydrogens (tertiary/aromatic N) is 1. The average molecular weight is 461 g/mol. The van der Waals surface area contributed by atoms with Gasteiger partial charge in [0.1, 0.15) is 23.9 Å². The van der Waals surface area contributed by atoms with Crippen LogP contribution in [0.15, 0.2) is 66.7 Å². The molecular formula is C27H28N2O5. The number of nitrogens with one attached hydrogen (secondary N) is 1. The lowest BCUT2D eigenvalue weighted by Crippen LogP contribution is -2.41. The Morgan fingerprint density at radius 2 is 1.85 bits per heavy atom. The predicted molar refractivity (Wildman–Crippen MR) is 131 cm³/mol. The van der Waals surface area contributed by atoms with Gasteiger partial charge in [0.15, 0.2) is 13.2 Å². The van der Waals surface area contributed by atoms with Crippen molar-refractivity contribution >= 4 is 23.2 Å². The lowest BCUT2D eigenvalue weighted by molar-refractivity contribution is -0.121. The highest BCUT2D eigenvalue weighted by Crippen LogP contribution is 2.34.